The molecule has 3 aromatic rings. The van der Waals surface area contributed by atoms with Crippen LogP contribution in [0.5, 0.6) is 0 Å². The maximum absolute atomic E-state index is 13.9. The molecule has 2 aromatic carbocycles. The van der Waals surface area contributed by atoms with Crippen LogP contribution in [0.2, 0.25) is 10.3 Å². The van der Waals surface area contributed by atoms with Crippen molar-refractivity contribution in [3.8, 4) is 0 Å². The highest BCUT2D eigenvalue weighted by atomic mass is 35.5. The van der Waals surface area contributed by atoms with E-state index >= 15 is 0 Å². The zero-order valence-electron chi connectivity index (χ0n) is 21.1. The van der Waals surface area contributed by atoms with Gasteiger partial charge in [0.1, 0.15) is 6.04 Å². The number of nitrogens with one attached hydrogen (secondary N) is 1. The third-order valence-corrected chi connectivity index (χ3v) is 8.84. The number of piperazine rings is 1. The lowest BCUT2D eigenvalue weighted by molar-refractivity contribution is -0.132. The maximum Gasteiger partial charge on any atom is 0.263 e. The van der Waals surface area contributed by atoms with Gasteiger partial charge in [-0.15, -0.1) is 0 Å². The predicted octanol–water partition coefficient (Wildman–Crippen LogP) is 4.71. The summed E-state index contributed by atoms with van der Waals surface area (Å²) in [4.78, 5) is 26.6. The van der Waals surface area contributed by atoms with E-state index in [1.165, 1.54) is 17.7 Å². The number of carbonyl (C=O) groups excluding carboxylic acids is 1. The van der Waals surface area contributed by atoms with Gasteiger partial charge in [-0.05, 0) is 79.4 Å². The molecule has 9 nitrogen and oxygen atoms in total. The molecule has 39 heavy (non-hydrogen) atoms. The molecular weight excluding hydrogens is 566 g/mol. The summed E-state index contributed by atoms with van der Waals surface area (Å²) in [5.41, 5.74) is 3.07. The Morgan fingerprint density at radius 2 is 1.79 bits per heavy atom. The second-order valence-electron chi connectivity index (χ2n) is 9.49. The quantitative estimate of drug-likeness (QED) is 0.411. The Balaban J connectivity index is 0.00000231. The van der Waals surface area contributed by atoms with Gasteiger partial charge in [-0.2, -0.15) is 4.98 Å². The number of rotatable bonds is 6. The Hall–Kier alpha value is -3.15. The highest BCUT2D eigenvalue weighted by molar-refractivity contribution is 7.92. The molecule has 0 bridgehead atoms. The molecule has 0 spiro atoms. The number of nitrogens with zero attached hydrogens (tertiary/aromatic N) is 5. The van der Waals surface area contributed by atoms with E-state index in [0.29, 0.717) is 31.2 Å². The monoisotopic (exact) mass is 596 g/mol. The van der Waals surface area contributed by atoms with Crippen molar-refractivity contribution in [3.05, 3.63) is 70.3 Å². The van der Waals surface area contributed by atoms with Crippen LogP contribution in [-0.2, 0) is 21.2 Å². The summed E-state index contributed by atoms with van der Waals surface area (Å²) in [6.45, 7) is 5.11. The molecule has 1 N–H and O–H groups in total. The Morgan fingerprint density at radius 1 is 1.08 bits per heavy atom. The van der Waals surface area contributed by atoms with Crippen molar-refractivity contribution in [2.45, 2.75) is 30.7 Å². The third-order valence-electron chi connectivity index (χ3n) is 7.07. The maximum atomic E-state index is 13.9. The molecule has 0 aliphatic carbocycles. The number of halogens is 3. The van der Waals surface area contributed by atoms with Crippen LogP contribution in [0.1, 0.15) is 21.8 Å². The molecule has 210 valence electrons. The van der Waals surface area contributed by atoms with Crippen LogP contribution in [-0.4, -0.2) is 68.0 Å². The normalized spacial score (nSPS) is 16.6. The van der Waals surface area contributed by atoms with E-state index in [0.717, 1.165) is 37.0 Å². The van der Waals surface area contributed by atoms with E-state index in [9.17, 15) is 17.6 Å². The van der Waals surface area contributed by atoms with E-state index in [4.69, 9.17) is 23.2 Å². The number of aromatic nitrogens is 2. The summed E-state index contributed by atoms with van der Waals surface area (Å²) in [6, 6.07) is 11.8. The third kappa shape index (κ3) is 5.90. The second-order valence-corrected chi connectivity index (χ2v) is 12.0. The summed E-state index contributed by atoms with van der Waals surface area (Å²) < 4.78 is 41.4. The summed E-state index contributed by atoms with van der Waals surface area (Å²) in [7, 11) is -4.09. The lowest BCUT2D eigenvalue weighted by Gasteiger charge is -2.41. The van der Waals surface area contributed by atoms with Crippen molar-refractivity contribution in [2.75, 3.05) is 47.2 Å². The molecule has 2 aliphatic heterocycles. The van der Waals surface area contributed by atoms with Gasteiger partial charge in [-0.25, -0.2) is 17.8 Å². The van der Waals surface area contributed by atoms with E-state index in [2.05, 4.69) is 24.5 Å². The fraction of sp³-hybridized carbons (Fsp3) is 0.346. The van der Waals surface area contributed by atoms with Crippen LogP contribution < -0.4 is 14.5 Å². The zero-order chi connectivity index (χ0) is 27.7. The van der Waals surface area contributed by atoms with Crippen LogP contribution >= 0.6 is 23.2 Å². The molecule has 1 aromatic heterocycles. The van der Waals surface area contributed by atoms with Crippen LogP contribution in [0.25, 0.3) is 0 Å². The number of benzene rings is 2. The van der Waals surface area contributed by atoms with Crippen LogP contribution in [0.4, 0.5) is 21.6 Å². The van der Waals surface area contributed by atoms with Gasteiger partial charge in [-0.1, -0.05) is 11.6 Å². The number of aryl methyl sites for hydroxylation is 1. The average Bonchev–Trinajstić information content (AvgIpc) is 2.94. The van der Waals surface area contributed by atoms with Gasteiger partial charge in [0.15, 0.2) is 11.6 Å². The SMILES string of the molecule is C[C@H](C(=O)N1CCN(c2ccc(S(=O)(=O)Nc3nc(Cl)ncc3F)cc2)CC1)N1CCCc2cc(Cl)ccc21.[HH].[HH]. The number of sulfonamides is 1. The second kappa shape index (κ2) is 11.1. The minimum Gasteiger partial charge on any atom is -0.368 e. The number of hydrogen-bond donors (Lipinski definition) is 1. The first kappa shape index (κ1) is 27.4. The van der Waals surface area contributed by atoms with Crippen molar-refractivity contribution in [2.24, 2.45) is 0 Å². The Kier molecular flexibility index (Phi) is 7.84. The molecule has 0 radical (unpaired) electrons. The minimum atomic E-state index is -4.09. The number of hydrogen-bond acceptors (Lipinski definition) is 7. The Bertz CT molecular complexity index is 1500. The van der Waals surface area contributed by atoms with Crippen LogP contribution in [0, 0.1) is 5.82 Å². The van der Waals surface area contributed by atoms with Crippen molar-refractivity contribution in [1.82, 2.24) is 14.9 Å². The summed E-state index contributed by atoms with van der Waals surface area (Å²) in [5, 5.41) is 0.430. The first-order valence-corrected chi connectivity index (χ1v) is 14.8. The summed E-state index contributed by atoms with van der Waals surface area (Å²) in [5.74, 6) is -1.37. The summed E-state index contributed by atoms with van der Waals surface area (Å²) in [6.07, 6.45) is 2.72. The fourth-order valence-electron chi connectivity index (χ4n) is 5.02. The first-order chi connectivity index (χ1) is 18.6. The lowest BCUT2D eigenvalue weighted by Crippen LogP contribution is -2.55. The average molecular weight is 598 g/mol. The predicted molar refractivity (Wildman–Crippen MR) is 154 cm³/mol. The fourth-order valence-corrected chi connectivity index (χ4v) is 6.36. The Morgan fingerprint density at radius 3 is 2.51 bits per heavy atom. The molecule has 0 unspecified atom stereocenters. The first-order valence-electron chi connectivity index (χ1n) is 12.5. The van der Waals surface area contributed by atoms with Crippen molar-refractivity contribution < 1.29 is 20.5 Å². The molecule has 2 aliphatic rings. The van der Waals surface area contributed by atoms with Gasteiger partial charge in [0.05, 0.1) is 11.1 Å². The molecule has 1 saturated heterocycles. The van der Waals surface area contributed by atoms with Gasteiger partial charge in [-0.3, -0.25) is 9.52 Å². The topological polar surface area (TPSA) is 98.7 Å². The van der Waals surface area contributed by atoms with Crippen LogP contribution in [0.15, 0.2) is 53.6 Å². The lowest BCUT2D eigenvalue weighted by atomic mass is 10.00. The molecule has 13 heteroatoms. The van der Waals surface area contributed by atoms with E-state index < -0.39 is 21.7 Å². The number of anilines is 3. The van der Waals surface area contributed by atoms with Crippen molar-refractivity contribution in [3.63, 3.8) is 0 Å². The largest absolute Gasteiger partial charge is 0.368 e. The Labute approximate surface area is 239 Å². The molecule has 1 atom stereocenters. The van der Waals surface area contributed by atoms with Crippen molar-refractivity contribution >= 4 is 56.3 Å². The van der Waals surface area contributed by atoms with E-state index in [1.54, 1.807) is 12.1 Å². The summed E-state index contributed by atoms with van der Waals surface area (Å²) >= 11 is 11.8. The smallest absolute Gasteiger partial charge is 0.263 e. The van der Waals surface area contributed by atoms with E-state index in [1.807, 2.05) is 30.0 Å². The molecule has 0 saturated carbocycles. The minimum absolute atomic E-state index is 0. The number of carbonyl (C=O) groups is 1. The highest BCUT2D eigenvalue weighted by Gasteiger charge is 2.31. The molecule has 5 rings (SSSR count). The number of amides is 1. The van der Waals surface area contributed by atoms with Crippen molar-refractivity contribution in [1.29, 1.82) is 0 Å². The van der Waals surface area contributed by atoms with E-state index in [-0.39, 0.29) is 25.0 Å². The van der Waals surface area contributed by atoms with Crippen LogP contribution in [0.3, 0.4) is 0 Å². The molecule has 1 fully saturated rings. The van der Waals surface area contributed by atoms with Gasteiger partial charge in [0, 0.05) is 52.0 Å². The zero-order valence-corrected chi connectivity index (χ0v) is 23.5. The molecular formula is C26H31Cl2FN6O3S. The number of fused-ring (bicyclic) bond motifs is 1. The molecule has 1 amide bonds. The highest BCUT2D eigenvalue weighted by Crippen LogP contribution is 2.31. The standard InChI is InChI=1S/C26H27Cl2FN6O3S.2H2/c1-17(35-10-2-3-18-15-19(27)4-9-23(18)35)25(36)34-13-11-33(12-14-34)20-5-7-21(8-6-20)39(37,38)32-24-22(29)16-30-26(28)31-24;;/h4-9,15-17H,2-3,10-14H2,1H3,(H,30,31,32);2*1H/t17-;;/m1../s1. The van der Waals surface area contributed by atoms with Gasteiger partial charge in [0.2, 0.25) is 11.2 Å². The molecule has 3 heterocycles. The van der Waals surface area contributed by atoms with Gasteiger partial charge >= 0.3 is 0 Å². The van der Waals surface area contributed by atoms with Gasteiger partial charge < -0.3 is 14.7 Å². The van der Waals surface area contributed by atoms with Gasteiger partial charge in [0.25, 0.3) is 10.0 Å².